The minimum Gasteiger partial charge on any atom is -0.496 e. The molecule has 0 atom stereocenters. The maximum absolute atomic E-state index is 5.77. The van der Waals surface area contributed by atoms with Crippen LogP contribution in [0.25, 0.3) is 0 Å². The molecule has 0 saturated heterocycles. The molecule has 0 aliphatic carbocycles. The lowest BCUT2D eigenvalue weighted by molar-refractivity contribution is 0.294. The summed E-state index contributed by atoms with van der Waals surface area (Å²) < 4.78 is 10.9. The molecule has 7 heteroatoms. The van der Waals surface area contributed by atoms with E-state index < -0.39 is 0 Å². The molecule has 20 heavy (non-hydrogen) atoms. The first-order valence-electron chi connectivity index (χ1n) is 5.76. The standard InChI is InChI=1S/C13H16N4O2.ClH/c1-8-11(12(14)17-13(15)16-8)19-7-9-5-3-4-6-10(9)18-2;/h3-6H,7H2,1-2H3,(H4,14,15,16,17);1H. The fourth-order valence-corrected chi connectivity index (χ4v) is 1.76. The Morgan fingerprint density at radius 3 is 2.50 bits per heavy atom. The molecule has 0 bridgehead atoms. The number of hydrogen-bond donors (Lipinski definition) is 2. The molecule has 0 aliphatic heterocycles. The summed E-state index contributed by atoms with van der Waals surface area (Å²) >= 11 is 0. The number of nitrogens with two attached hydrogens (primary N) is 2. The van der Waals surface area contributed by atoms with E-state index in [1.807, 2.05) is 24.3 Å². The Morgan fingerprint density at radius 2 is 1.85 bits per heavy atom. The number of nitrogens with zero attached hydrogens (tertiary/aromatic N) is 2. The largest absolute Gasteiger partial charge is 0.496 e. The van der Waals surface area contributed by atoms with Crippen molar-refractivity contribution in [1.82, 2.24) is 9.97 Å². The summed E-state index contributed by atoms with van der Waals surface area (Å²) in [6.45, 7) is 2.09. The van der Waals surface area contributed by atoms with Crippen molar-refractivity contribution in [2.45, 2.75) is 13.5 Å². The molecule has 6 nitrogen and oxygen atoms in total. The monoisotopic (exact) mass is 296 g/mol. The van der Waals surface area contributed by atoms with Crippen LogP contribution in [0.4, 0.5) is 11.8 Å². The lowest BCUT2D eigenvalue weighted by atomic mass is 10.2. The van der Waals surface area contributed by atoms with Gasteiger partial charge in [0.05, 0.1) is 12.8 Å². The van der Waals surface area contributed by atoms with Crippen LogP contribution in [-0.2, 0) is 6.61 Å². The van der Waals surface area contributed by atoms with E-state index in [2.05, 4.69) is 9.97 Å². The van der Waals surface area contributed by atoms with E-state index in [0.717, 1.165) is 11.3 Å². The number of methoxy groups -OCH3 is 1. The van der Waals surface area contributed by atoms with Crippen LogP contribution >= 0.6 is 12.4 Å². The van der Waals surface area contributed by atoms with Crippen molar-refractivity contribution in [1.29, 1.82) is 0 Å². The summed E-state index contributed by atoms with van der Waals surface area (Å²) in [7, 11) is 1.62. The van der Waals surface area contributed by atoms with Gasteiger partial charge in [-0.15, -0.1) is 12.4 Å². The van der Waals surface area contributed by atoms with Gasteiger partial charge in [-0.25, -0.2) is 4.98 Å². The van der Waals surface area contributed by atoms with Crippen LogP contribution in [-0.4, -0.2) is 17.1 Å². The molecule has 0 fully saturated rings. The summed E-state index contributed by atoms with van der Waals surface area (Å²) in [6.07, 6.45) is 0. The van der Waals surface area contributed by atoms with Gasteiger partial charge in [-0.3, -0.25) is 0 Å². The first-order valence-corrected chi connectivity index (χ1v) is 5.76. The second kappa shape index (κ2) is 6.81. The van der Waals surface area contributed by atoms with Gasteiger partial charge < -0.3 is 20.9 Å². The van der Waals surface area contributed by atoms with Crippen molar-refractivity contribution in [2.75, 3.05) is 18.6 Å². The highest BCUT2D eigenvalue weighted by atomic mass is 35.5. The normalized spacial score (nSPS) is 9.70. The predicted octanol–water partition coefficient (Wildman–Crippen LogP) is 1.96. The zero-order valence-electron chi connectivity index (χ0n) is 11.3. The van der Waals surface area contributed by atoms with Crippen LogP contribution in [0.3, 0.4) is 0 Å². The smallest absolute Gasteiger partial charge is 0.222 e. The number of halogens is 1. The number of anilines is 2. The van der Waals surface area contributed by atoms with Gasteiger partial charge in [0.2, 0.25) is 5.95 Å². The molecule has 0 radical (unpaired) electrons. The summed E-state index contributed by atoms with van der Waals surface area (Å²) in [6, 6.07) is 7.60. The molecular weight excluding hydrogens is 280 g/mol. The Hall–Kier alpha value is -2.21. The van der Waals surface area contributed by atoms with Crippen LogP contribution in [0.5, 0.6) is 11.5 Å². The van der Waals surface area contributed by atoms with Gasteiger partial charge in [-0.1, -0.05) is 18.2 Å². The Bertz CT molecular complexity index is 569. The topological polar surface area (TPSA) is 96.3 Å². The van der Waals surface area contributed by atoms with E-state index in [1.54, 1.807) is 14.0 Å². The van der Waals surface area contributed by atoms with Crippen molar-refractivity contribution in [3.05, 3.63) is 35.5 Å². The summed E-state index contributed by atoms with van der Waals surface area (Å²) in [5.41, 5.74) is 12.8. The molecule has 2 aromatic rings. The average Bonchev–Trinajstić information content (AvgIpc) is 2.38. The van der Waals surface area contributed by atoms with Crippen molar-refractivity contribution < 1.29 is 9.47 Å². The second-order valence-electron chi connectivity index (χ2n) is 3.98. The lowest BCUT2D eigenvalue weighted by Gasteiger charge is -2.12. The lowest BCUT2D eigenvalue weighted by Crippen LogP contribution is -2.07. The van der Waals surface area contributed by atoms with Gasteiger partial charge in [0, 0.05) is 5.56 Å². The molecule has 1 aromatic carbocycles. The number of rotatable bonds is 4. The number of aryl methyl sites for hydroxylation is 1. The van der Waals surface area contributed by atoms with Crippen molar-refractivity contribution in [3.8, 4) is 11.5 Å². The minimum absolute atomic E-state index is 0. The minimum atomic E-state index is 0. The zero-order chi connectivity index (χ0) is 13.8. The van der Waals surface area contributed by atoms with Crippen LogP contribution in [0, 0.1) is 6.92 Å². The molecule has 0 spiro atoms. The van der Waals surface area contributed by atoms with Crippen LogP contribution in [0.15, 0.2) is 24.3 Å². The molecular formula is C13H17ClN4O2. The van der Waals surface area contributed by atoms with Gasteiger partial charge >= 0.3 is 0 Å². The number of nitrogen functional groups attached to an aromatic ring is 2. The molecule has 1 heterocycles. The van der Waals surface area contributed by atoms with E-state index in [9.17, 15) is 0 Å². The van der Waals surface area contributed by atoms with Gasteiger partial charge in [0.25, 0.3) is 0 Å². The summed E-state index contributed by atoms with van der Waals surface area (Å²) in [5, 5.41) is 0. The summed E-state index contributed by atoms with van der Waals surface area (Å²) in [5.74, 6) is 1.58. The highest BCUT2D eigenvalue weighted by Crippen LogP contribution is 2.26. The third-order valence-corrected chi connectivity index (χ3v) is 2.64. The van der Waals surface area contributed by atoms with Crippen molar-refractivity contribution in [3.63, 3.8) is 0 Å². The molecule has 1 aromatic heterocycles. The van der Waals surface area contributed by atoms with E-state index in [1.165, 1.54) is 0 Å². The fourth-order valence-electron chi connectivity index (χ4n) is 1.76. The average molecular weight is 297 g/mol. The molecule has 4 N–H and O–H groups in total. The molecule has 2 rings (SSSR count). The number of benzene rings is 1. The first-order chi connectivity index (χ1) is 9.11. The van der Waals surface area contributed by atoms with Crippen LogP contribution < -0.4 is 20.9 Å². The third kappa shape index (κ3) is 3.42. The van der Waals surface area contributed by atoms with E-state index in [-0.39, 0.29) is 24.2 Å². The highest BCUT2D eigenvalue weighted by molar-refractivity contribution is 5.85. The van der Waals surface area contributed by atoms with Crippen molar-refractivity contribution in [2.24, 2.45) is 0 Å². The van der Waals surface area contributed by atoms with E-state index in [4.69, 9.17) is 20.9 Å². The third-order valence-electron chi connectivity index (χ3n) is 2.64. The SMILES string of the molecule is COc1ccccc1COc1c(C)nc(N)nc1N.Cl. The maximum Gasteiger partial charge on any atom is 0.222 e. The Labute approximate surface area is 123 Å². The predicted molar refractivity (Wildman–Crippen MR) is 80.2 cm³/mol. The van der Waals surface area contributed by atoms with Gasteiger partial charge in [-0.05, 0) is 13.0 Å². The molecule has 0 saturated carbocycles. The van der Waals surface area contributed by atoms with Crippen LogP contribution in [0.2, 0.25) is 0 Å². The second-order valence-corrected chi connectivity index (χ2v) is 3.98. The number of aromatic nitrogens is 2. The summed E-state index contributed by atoms with van der Waals surface area (Å²) in [4.78, 5) is 7.90. The molecule has 108 valence electrons. The van der Waals surface area contributed by atoms with Gasteiger partial charge in [0.1, 0.15) is 12.4 Å². The molecule has 0 aliphatic rings. The Morgan fingerprint density at radius 1 is 1.15 bits per heavy atom. The number of ether oxygens (including phenoxy) is 2. The fraction of sp³-hybridized carbons (Fsp3) is 0.231. The quantitative estimate of drug-likeness (QED) is 0.895. The maximum atomic E-state index is 5.77. The van der Waals surface area contributed by atoms with Crippen LogP contribution in [0.1, 0.15) is 11.3 Å². The van der Waals surface area contributed by atoms with E-state index in [0.29, 0.717) is 18.1 Å². The van der Waals surface area contributed by atoms with Gasteiger partial charge in [-0.2, -0.15) is 4.98 Å². The van der Waals surface area contributed by atoms with Gasteiger partial charge in [0.15, 0.2) is 11.6 Å². The van der Waals surface area contributed by atoms with E-state index >= 15 is 0 Å². The van der Waals surface area contributed by atoms with Crippen molar-refractivity contribution >= 4 is 24.2 Å². The number of hydrogen-bond acceptors (Lipinski definition) is 6. The molecule has 0 unspecified atom stereocenters. The Balaban J connectivity index is 0.00000200. The first kappa shape index (κ1) is 15.8. The molecule has 0 amide bonds. The Kier molecular flexibility index (Phi) is 5.40. The highest BCUT2D eigenvalue weighted by Gasteiger charge is 2.10. The zero-order valence-corrected chi connectivity index (χ0v) is 12.1. The number of para-hydroxylation sites is 1.